The van der Waals surface area contributed by atoms with Crippen molar-refractivity contribution in [2.45, 2.75) is 68.2 Å². The van der Waals surface area contributed by atoms with Crippen molar-refractivity contribution in [3.63, 3.8) is 0 Å². The van der Waals surface area contributed by atoms with E-state index in [0.29, 0.717) is 13.0 Å². The minimum Gasteiger partial charge on any atom is -0.461 e. The predicted octanol–water partition coefficient (Wildman–Crippen LogP) is 2.00. The summed E-state index contributed by atoms with van der Waals surface area (Å²) < 4.78 is 4.65. The number of carbonyl (C=O) groups is 3. The van der Waals surface area contributed by atoms with Crippen LogP contribution in [0.1, 0.15) is 40.5 Å². The molecule has 3 aliphatic rings. The molecule has 7 nitrogen and oxygen atoms in total. The van der Waals surface area contributed by atoms with Gasteiger partial charge < -0.3 is 19.6 Å². The average molecular weight is 451 g/mol. The van der Waals surface area contributed by atoms with E-state index in [2.05, 4.69) is 13.2 Å². The molecular formula is C23H34N2O5S. The van der Waals surface area contributed by atoms with Gasteiger partial charge in [0.25, 0.3) is 0 Å². The fourth-order valence-corrected chi connectivity index (χ4v) is 7.60. The zero-order chi connectivity index (χ0) is 23.1. The lowest BCUT2D eigenvalue weighted by atomic mass is 9.71. The van der Waals surface area contributed by atoms with Crippen molar-refractivity contribution in [3.05, 3.63) is 25.3 Å². The molecule has 3 fully saturated rings. The molecule has 31 heavy (non-hydrogen) atoms. The SMILES string of the molecule is C=CCOC(=O)[C@@H]1[C@@H]2CCC3(S2)C(C(=O)N(CC=C)C(C)(C)C)N([C@H](C)CO)C(=O)[C@H]13. The molecule has 0 aliphatic carbocycles. The zero-order valence-corrected chi connectivity index (χ0v) is 19.7. The fourth-order valence-electron chi connectivity index (χ4n) is 5.41. The van der Waals surface area contributed by atoms with E-state index < -0.39 is 40.2 Å². The summed E-state index contributed by atoms with van der Waals surface area (Å²) in [7, 11) is 0. The van der Waals surface area contributed by atoms with Crippen LogP contribution in [0.15, 0.2) is 25.3 Å². The molecule has 0 saturated carbocycles. The van der Waals surface area contributed by atoms with Gasteiger partial charge in [0, 0.05) is 17.3 Å². The van der Waals surface area contributed by atoms with Crippen molar-refractivity contribution < 1.29 is 24.2 Å². The summed E-state index contributed by atoms with van der Waals surface area (Å²) in [5, 5.41) is 9.85. The van der Waals surface area contributed by atoms with Gasteiger partial charge in [-0.05, 0) is 40.5 Å². The van der Waals surface area contributed by atoms with Crippen molar-refractivity contribution in [2.75, 3.05) is 19.8 Å². The minimum absolute atomic E-state index is 0.0457. The van der Waals surface area contributed by atoms with Crippen molar-refractivity contribution >= 4 is 29.5 Å². The molecule has 172 valence electrons. The molecule has 8 heteroatoms. The Kier molecular flexibility index (Phi) is 6.63. The first kappa shape index (κ1) is 23.9. The van der Waals surface area contributed by atoms with Gasteiger partial charge in [0.15, 0.2) is 0 Å². The Morgan fingerprint density at radius 1 is 1.39 bits per heavy atom. The number of aliphatic hydroxyl groups excluding tert-OH is 1. The third kappa shape index (κ3) is 3.71. The van der Waals surface area contributed by atoms with Crippen LogP contribution in [-0.4, -0.2) is 80.1 Å². The monoisotopic (exact) mass is 450 g/mol. The number of rotatable bonds is 8. The number of hydrogen-bond acceptors (Lipinski definition) is 6. The Hall–Kier alpha value is -1.80. The van der Waals surface area contributed by atoms with Gasteiger partial charge in [0.05, 0.1) is 29.2 Å². The van der Waals surface area contributed by atoms with E-state index in [-0.39, 0.29) is 30.3 Å². The normalized spacial score (nSPS) is 32.5. The molecule has 2 amide bonds. The van der Waals surface area contributed by atoms with Crippen molar-refractivity contribution in [1.29, 1.82) is 0 Å². The summed E-state index contributed by atoms with van der Waals surface area (Å²) in [6.07, 6.45) is 4.63. The summed E-state index contributed by atoms with van der Waals surface area (Å²) in [5.41, 5.74) is -0.471. The van der Waals surface area contributed by atoms with Gasteiger partial charge in [-0.25, -0.2) is 0 Å². The molecule has 3 rings (SSSR count). The fraction of sp³-hybridized carbons (Fsp3) is 0.696. The van der Waals surface area contributed by atoms with Crippen LogP contribution in [0, 0.1) is 11.8 Å². The second-order valence-electron chi connectivity index (χ2n) is 9.66. The van der Waals surface area contributed by atoms with E-state index in [0.717, 1.165) is 6.42 Å². The molecule has 3 saturated heterocycles. The number of carbonyl (C=O) groups excluding carboxylic acids is 3. The minimum atomic E-state index is -0.737. The van der Waals surface area contributed by atoms with Crippen LogP contribution in [0.3, 0.4) is 0 Å². The van der Waals surface area contributed by atoms with E-state index in [9.17, 15) is 19.5 Å². The first-order chi connectivity index (χ1) is 14.5. The Bertz CT molecular complexity index is 778. The maximum Gasteiger partial charge on any atom is 0.311 e. The van der Waals surface area contributed by atoms with Crippen LogP contribution in [-0.2, 0) is 19.1 Å². The second kappa shape index (κ2) is 8.62. The number of fused-ring (bicyclic) bond motifs is 1. The predicted molar refractivity (Wildman–Crippen MR) is 120 cm³/mol. The van der Waals surface area contributed by atoms with E-state index in [1.165, 1.54) is 11.0 Å². The van der Waals surface area contributed by atoms with E-state index >= 15 is 0 Å². The molecular weight excluding hydrogens is 416 g/mol. The highest BCUT2D eigenvalue weighted by Crippen LogP contribution is 2.67. The largest absolute Gasteiger partial charge is 0.461 e. The van der Waals surface area contributed by atoms with E-state index in [1.54, 1.807) is 29.7 Å². The lowest BCUT2D eigenvalue weighted by Gasteiger charge is -2.43. The summed E-state index contributed by atoms with van der Waals surface area (Å²) in [6, 6.07) is -1.27. The molecule has 0 aromatic rings. The summed E-state index contributed by atoms with van der Waals surface area (Å²) in [4.78, 5) is 43.8. The molecule has 3 aliphatic heterocycles. The first-order valence-corrected chi connectivity index (χ1v) is 11.7. The van der Waals surface area contributed by atoms with Gasteiger partial charge in [-0.15, -0.1) is 18.3 Å². The molecule has 2 unspecified atom stereocenters. The average Bonchev–Trinajstić information content (AvgIpc) is 3.35. The van der Waals surface area contributed by atoms with Crippen molar-refractivity contribution in [3.8, 4) is 0 Å². The van der Waals surface area contributed by atoms with Crippen molar-refractivity contribution in [2.24, 2.45) is 11.8 Å². The summed E-state index contributed by atoms with van der Waals surface area (Å²) in [6.45, 7) is 15.2. The molecule has 0 aromatic heterocycles. The van der Waals surface area contributed by atoms with Gasteiger partial charge in [0.2, 0.25) is 11.8 Å². The van der Waals surface area contributed by atoms with Crippen LogP contribution in [0.5, 0.6) is 0 Å². The number of ether oxygens (including phenoxy) is 1. The smallest absolute Gasteiger partial charge is 0.311 e. The number of aliphatic hydroxyl groups is 1. The van der Waals surface area contributed by atoms with Gasteiger partial charge in [0.1, 0.15) is 12.6 Å². The number of amides is 2. The molecule has 0 aromatic carbocycles. The Labute approximate surface area is 188 Å². The number of nitrogens with zero attached hydrogens (tertiary/aromatic N) is 2. The zero-order valence-electron chi connectivity index (χ0n) is 18.9. The summed E-state index contributed by atoms with van der Waals surface area (Å²) in [5.74, 6) is -2.00. The molecule has 1 spiro atoms. The first-order valence-electron chi connectivity index (χ1n) is 10.9. The lowest BCUT2D eigenvalue weighted by molar-refractivity contribution is -0.153. The van der Waals surface area contributed by atoms with Crippen molar-refractivity contribution in [1.82, 2.24) is 9.80 Å². The standard InChI is InChI=1S/C23H34N2O5S/c1-7-11-24(22(4,5)6)20(28)18-23-10-9-15(31-23)16(21(29)30-12-8-2)17(23)19(27)25(18)14(3)13-26/h7-8,14-18,26H,1-2,9-13H2,3-6H3/t14-,15+,16-,17+,18?,23?/m1/s1. The third-order valence-corrected chi connectivity index (χ3v) is 8.67. The van der Waals surface area contributed by atoms with Crippen LogP contribution in [0.25, 0.3) is 0 Å². The lowest BCUT2D eigenvalue weighted by Crippen LogP contribution is -2.60. The quantitative estimate of drug-likeness (QED) is 0.450. The third-order valence-electron chi connectivity index (χ3n) is 6.71. The van der Waals surface area contributed by atoms with Gasteiger partial charge >= 0.3 is 5.97 Å². The van der Waals surface area contributed by atoms with Crippen LogP contribution in [0.4, 0.5) is 0 Å². The van der Waals surface area contributed by atoms with E-state index in [4.69, 9.17) is 4.74 Å². The van der Waals surface area contributed by atoms with Crippen LogP contribution >= 0.6 is 11.8 Å². The topological polar surface area (TPSA) is 87.2 Å². The maximum atomic E-state index is 14.0. The molecule has 3 heterocycles. The highest BCUT2D eigenvalue weighted by Gasteiger charge is 2.74. The van der Waals surface area contributed by atoms with Crippen LogP contribution in [0.2, 0.25) is 0 Å². The highest BCUT2D eigenvalue weighted by atomic mass is 32.2. The Balaban J connectivity index is 2.07. The van der Waals surface area contributed by atoms with Gasteiger partial charge in [-0.1, -0.05) is 18.7 Å². The number of hydrogen-bond donors (Lipinski definition) is 1. The van der Waals surface area contributed by atoms with Crippen LogP contribution < -0.4 is 0 Å². The van der Waals surface area contributed by atoms with E-state index in [1.807, 2.05) is 20.8 Å². The van der Waals surface area contributed by atoms with Gasteiger partial charge in [-0.2, -0.15) is 0 Å². The second-order valence-corrected chi connectivity index (χ2v) is 11.3. The number of likely N-dealkylation sites (tertiary alicyclic amines) is 1. The Morgan fingerprint density at radius 2 is 2.06 bits per heavy atom. The Morgan fingerprint density at radius 3 is 2.61 bits per heavy atom. The highest BCUT2D eigenvalue weighted by molar-refractivity contribution is 8.02. The number of thioether (sulfide) groups is 1. The summed E-state index contributed by atoms with van der Waals surface area (Å²) >= 11 is 1.59. The van der Waals surface area contributed by atoms with Gasteiger partial charge in [-0.3, -0.25) is 14.4 Å². The molecule has 2 bridgehead atoms. The molecule has 6 atom stereocenters. The molecule has 1 N–H and O–H groups in total. The molecule has 0 radical (unpaired) electrons. The maximum absolute atomic E-state index is 14.0. The number of esters is 1.